The summed E-state index contributed by atoms with van der Waals surface area (Å²) >= 11 is 6.74. The quantitative estimate of drug-likeness (QED) is 0.645. The summed E-state index contributed by atoms with van der Waals surface area (Å²) in [4.78, 5) is 12.4. The van der Waals surface area contributed by atoms with E-state index in [1.54, 1.807) is 25.1 Å². The maximum atomic E-state index is 12.5. The molecular formula is C15H15ClN6O3S2. The molecule has 3 rings (SSSR count). The number of nitrogens with zero attached hydrogens (tertiary/aromatic N) is 5. The number of sulfonamides is 1. The number of amides is 1. The van der Waals surface area contributed by atoms with Gasteiger partial charge in [-0.15, -0.1) is 16.4 Å². The maximum absolute atomic E-state index is 12.5. The normalized spacial score (nSPS) is 11.7. The van der Waals surface area contributed by atoms with Gasteiger partial charge in [-0.25, -0.2) is 13.1 Å². The molecule has 0 radical (unpaired) electrons. The molecule has 1 aromatic carbocycles. The van der Waals surface area contributed by atoms with Crippen LogP contribution < -0.4 is 5.32 Å². The first-order chi connectivity index (χ1) is 12.8. The van der Waals surface area contributed by atoms with Gasteiger partial charge in [0.05, 0.1) is 16.6 Å². The number of aromatic nitrogens is 4. The average Bonchev–Trinajstić information content (AvgIpc) is 3.28. The lowest BCUT2D eigenvalue weighted by molar-refractivity contribution is -0.116. The molecule has 1 amide bonds. The SMILES string of the molecule is Cc1c(NC(=O)CN(C)S(=O)(=O)c2ccc(Cl)s2)cccc1-n1cnnn1. The molecule has 0 saturated carbocycles. The second kappa shape index (κ2) is 7.72. The summed E-state index contributed by atoms with van der Waals surface area (Å²) in [5, 5.41) is 13.7. The predicted molar refractivity (Wildman–Crippen MR) is 102 cm³/mol. The summed E-state index contributed by atoms with van der Waals surface area (Å²) in [6.45, 7) is 1.47. The second-order valence-corrected chi connectivity index (χ2v) is 9.56. The van der Waals surface area contributed by atoms with Crippen molar-refractivity contribution in [1.29, 1.82) is 0 Å². The minimum Gasteiger partial charge on any atom is -0.325 e. The number of hydrogen-bond donors (Lipinski definition) is 1. The van der Waals surface area contributed by atoms with Gasteiger partial charge in [0.15, 0.2) is 0 Å². The van der Waals surface area contributed by atoms with Gasteiger partial charge in [0.2, 0.25) is 5.91 Å². The number of carbonyl (C=O) groups is 1. The zero-order chi connectivity index (χ0) is 19.6. The van der Waals surface area contributed by atoms with E-state index in [0.717, 1.165) is 21.2 Å². The third kappa shape index (κ3) is 4.16. The maximum Gasteiger partial charge on any atom is 0.252 e. The summed E-state index contributed by atoms with van der Waals surface area (Å²) in [7, 11) is -2.44. The molecule has 0 aliphatic rings. The van der Waals surface area contributed by atoms with Crippen LogP contribution >= 0.6 is 22.9 Å². The standard InChI is InChI=1S/C15H15ClN6O3S2/c1-10-11(4-3-5-12(10)22-9-17-19-20-22)18-14(23)8-21(2)27(24,25)15-7-6-13(16)26-15/h3-7,9H,8H2,1-2H3,(H,18,23). The van der Waals surface area contributed by atoms with Crippen molar-refractivity contribution in [1.82, 2.24) is 24.5 Å². The Morgan fingerprint density at radius 2 is 2.11 bits per heavy atom. The number of nitrogens with one attached hydrogen (secondary N) is 1. The molecule has 142 valence electrons. The fraction of sp³-hybridized carbons (Fsp3) is 0.200. The number of hydrogen-bond acceptors (Lipinski definition) is 7. The van der Waals surface area contributed by atoms with Crippen LogP contribution in [0.3, 0.4) is 0 Å². The molecule has 0 bridgehead atoms. The Bertz CT molecular complexity index is 1070. The average molecular weight is 427 g/mol. The fourth-order valence-electron chi connectivity index (χ4n) is 2.35. The van der Waals surface area contributed by atoms with Gasteiger partial charge in [0, 0.05) is 12.7 Å². The smallest absolute Gasteiger partial charge is 0.252 e. The third-order valence-corrected chi connectivity index (χ3v) is 7.26. The highest BCUT2D eigenvalue weighted by Crippen LogP contribution is 2.27. The highest BCUT2D eigenvalue weighted by atomic mass is 35.5. The molecule has 0 saturated heterocycles. The van der Waals surface area contributed by atoms with Gasteiger partial charge in [-0.2, -0.15) is 4.31 Å². The van der Waals surface area contributed by atoms with Crippen molar-refractivity contribution in [3.05, 3.63) is 46.6 Å². The molecule has 0 unspecified atom stereocenters. The Labute approximate surface area is 164 Å². The Morgan fingerprint density at radius 1 is 1.33 bits per heavy atom. The molecule has 0 aliphatic heterocycles. The topological polar surface area (TPSA) is 110 Å². The van der Waals surface area contributed by atoms with Crippen molar-refractivity contribution >= 4 is 44.6 Å². The molecule has 9 nitrogen and oxygen atoms in total. The van der Waals surface area contributed by atoms with Gasteiger partial charge >= 0.3 is 0 Å². The molecule has 0 aliphatic carbocycles. The van der Waals surface area contributed by atoms with Crippen LogP contribution in [-0.2, 0) is 14.8 Å². The van der Waals surface area contributed by atoms with E-state index in [9.17, 15) is 13.2 Å². The van der Waals surface area contributed by atoms with Crippen molar-refractivity contribution in [3.8, 4) is 5.69 Å². The van der Waals surface area contributed by atoms with Crippen LogP contribution in [0.2, 0.25) is 4.34 Å². The molecule has 0 fully saturated rings. The monoisotopic (exact) mass is 426 g/mol. The molecule has 2 aromatic heterocycles. The number of benzene rings is 1. The van der Waals surface area contributed by atoms with Crippen molar-refractivity contribution in [3.63, 3.8) is 0 Å². The number of carbonyl (C=O) groups excluding carboxylic acids is 1. The van der Waals surface area contributed by atoms with Crippen LogP contribution in [0.5, 0.6) is 0 Å². The van der Waals surface area contributed by atoms with Gasteiger partial charge in [-0.3, -0.25) is 4.79 Å². The van der Waals surface area contributed by atoms with Gasteiger partial charge < -0.3 is 5.32 Å². The lowest BCUT2D eigenvalue weighted by Gasteiger charge is -2.17. The number of rotatable bonds is 6. The van der Waals surface area contributed by atoms with E-state index in [1.807, 2.05) is 0 Å². The number of anilines is 1. The summed E-state index contributed by atoms with van der Waals surface area (Å²) < 4.78 is 27.9. The van der Waals surface area contributed by atoms with E-state index in [0.29, 0.717) is 15.7 Å². The van der Waals surface area contributed by atoms with Crippen LogP contribution in [0.15, 0.2) is 40.9 Å². The van der Waals surface area contributed by atoms with Crippen LogP contribution in [0, 0.1) is 6.92 Å². The predicted octanol–water partition coefficient (Wildman–Crippen LogP) is 1.94. The first kappa shape index (κ1) is 19.4. The van der Waals surface area contributed by atoms with Crippen LogP contribution in [0.1, 0.15) is 5.56 Å². The summed E-state index contributed by atoms with van der Waals surface area (Å²) in [6, 6.07) is 8.18. The van der Waals surface area contributed by atoms with Crippen LogP contribution in [-0.4, -0.2) is 52.4 Å². The Balaban J connectivity index is 1.74. The zero-order valence-corrected chi connectivity index (χ0v) is 16.7. The number of thiophene rings is 1. The number of tetrazole rings is 1. The lowest BCUT2D eigenvalue weighted by atomic mass is 10.1. The Hall–Kier alpha value is -2.34. The summed E-state index contributed by atoms with van der Waals surface area (Å²) in [6.07, 6.45) is 1.44. The minimum absolute atomic E-state index is 0.0830. The molecule has 1 N–H and O–H groups in total. The summed E-state index contributed by atoms with van der Waals surface area (Å²) in [5.74, 6) is -0.472. The van der Waals surface area contributed by atoms with E-state index >= 15 is 0 Å². The largest absolute Gasteiger partial charge is 0.325 e. The molecule has 2 heterocycles. The zero-order valence-electron chi connectivity index (χ0n) is 14.3. The van der Waals surface area contributed by atoms with Crippen molar-refractivity contribution < 1.29 is 13.2 Å². The molecule has 0 atom stereocenters. The minimum atomic E-state index is -3.78. The van der Waals surface area contributed by atoms with E-state index in [4.69, 9.17) is 11.6 Å². The fourth-order valence-corrected chi connectivity index (χ4v) is 5.17. The van der Waals surface area contributed by atoms with Crippen molar-refractivity contribution in [2.75, 3.05) is 18.9 Å². The van der Waals surface area contributed by atoms with E-state index < -0.39 is 15.9 Å². The van der Waals surface area contributed by atoms with Crippen molar-refractivity contribution in [2.45, 2.75) is 11.1 Å². The van der Waals surface area contributed by atoms with Gasteiger partial charge in [0.25, 0.3) is 10.0 Å². The third-order valence-electron chi connectivity index (χ3n) is 3.75. The van der Waals surface area contributed by atoms with Gasteiger partial charge in [-0.1, -0.05) is 17.7 Å². The van der Waals surface area contributed by atoms with E-state index in [-0.39, 0.29) is 10.8 Å². The number of halogens is 1. The first-order valence-electron chi connectivity index (χ1n) is 7.63. The molecule has 27 heavy (non-hydrogen) atoms. The first-order valence-corrected chi connectivity index (χ1v) is 10.3. The van der Waals surface area contributed by atoms with Crippen LogP contribution in [0.25, 0.3) is 5.69 Å². The van der Waals surface area contributed by atoms with Crippen LogP contribution in [0.4, 0.5) is 5.69 Å². The second-order valence-electron chi connectivity index (χ2n) is 5.57. The molecule has 12 heteroatoms. The highest BCUT2D eigenvalue weighted by Gasteiger charge is 2.25. The van der Waals surface area contributed by atoms with Gasteiger partial charge in [-0.05, 0) is 47.2 Å². The number of likely N-dealkylation sites (N-methyl/N-ethyl adjacent to an activating group) is 1. The Kier molecular flexibility index (Phi) is 5.56. The van der Waals surface area contributed by atoms with E-state index in [2.05, 4.69) is 20.8 Å². The lowest BCUT2D eigenvalue weighted by Crippen LogP contribution is -2.34. The van der Waals surface area contributed by atoms with Gasteiger partial charge in [0.1, 0.15) is 10.5 Å². The van der Waals surface area contributed by atoms with Crippen molar-refractivity contribution in [2.24, 2.45) is 0 Å². The van der Waals surface area contributed by atoms with E-state index in [1.165, 1.54) is 30.2 Å². The molecule has 3 aromatic rings. The molecule has 0 spiro atoms. The summed E-state index contributed by atoms with van der Waals surface area (Å²) in [5.41, 5.74) is 1.98. The highest BCUT2D eigenvalue weighted by molar-refractivity contribution is 7.91. The Morgan fingerprint density at radius 3 is 2.74 bits per heavy atom. The molecular weight excluding hydrogens is 412 g/mol.